The Morgan fingerprint density at radius 2 is 1.86 bits per heavy atom. The maximum absolute atomic E-state index is 12.2. The van der Waals surface area contributed by atoms with Gasteiger partial charge in [-0.1, -0.05) is 17.2 Å². The monoisotopic (exact) mass is 306 g/mol. The second-order valence-electron chi connectivity index (χ2n) is 6.44. The Bertz CT molecular complexity index is 502. The maximum Gasteiger partial charge on any atom is 0.251 e. The van der Waals surface area contributed by atoms with Crippen molar-refractivity contribution in [1.29, 1.82) is 0 Å². The molecule has 0 bridgehead atoms. The van der Waals surface area contributed by atoms with Gasteiger partial charge in [-0.3, -0.25) is 9.69 Å². The molecule has 0 aliphatic carbocycles. The minimum atomic E-state index is -0.953. The molecule has 1 aliphatic rings. The highest BCUT2D eigenvalue weighted by atomic mass is 16.5. The third kappa shape index (κ3) is 5.09. The van der Waals surface area contributed by atoms with Crippen molar-refractivity contribution in [2.45, 2.75) is 26.4 Å². The number of nitrogens with zero attached hydrogens (tertiary/aromatic N) is 1. The van der Waals surface area contributed by atoms with Crippen LogP contribution in [0.25, 0.3) is 0 Å². The Labute approximate surface area is 132 Å². The van der Waals surface area contributed by atoms with Crippen LogP contribution in [0.2, 0.25) is 0 Å². The van der Waals surface area contributed by atoms with E-state index in [9.17, 15) is 9.90 Å². The van der Waals surface area contributed by atoms with Gasteiger partial charge in [-0.2, -0.15) is 0 Å². The predicted molar refractivity (Wildman–Crippen MR) is 86.1 cm³/mol. The third-order valence-electron chi connectivity index (χ3n) is 3.78. The zero-order chi connectivity index (χ0) is 16.2. The number of rotatable bonds is 5. The normalized spacial score (nSPS) is 18.7. The number of ether oxygens (including phenoxy) is 1. The molecule has 5 heteroatoms. The van der Waals surface area contributed by atoms with Gasteiger partial charge < -0.3 is 15.2 Å². The van der Waals surface area contributed by atoms with E-state index >= 15 is 0 Å². The summed E-state index contributed by atoms with van der Waals surface area (Å²) < 4.78 is 5.30. The lowest BCUT2D eigenvalue weighted by molar-refractivity contribution is -0.0213. The van der Waals surface area contributed by atoms with E-state index in [0.717, 1.165) is 24.2 Å². The summed E-state index contributed by atoms with van der Waals surface area (Å²) in [4.78, 5) is 14.4. The average molecular weight is 306 g/mol. The van der Waals surface area contributed by atoms with Crippen molar-refractivity contribution in [3.8, 4) is 0 Å². The van der Waals surface area contributed by atoms with Crippen molar-refractivity contribution in [1.82, 2.24) is 10.2 Å². The Hall–Kier alpha value is -1.43. The number of carbonyl (C=O) groups is 1. The summed E-state index contributed by atoms with van der Waals surface area (Å²) in [6.45, 7) is 9.50. The van der Waals surface area contributed by atoms with Crippen LogP contribution >= 0.6 is 0 Å². The molecule has 1 amide bonds. The summed E-state index contributed by atoms with van der Waals surface area (Å²) in [5, 5.41) is 13.3. The topological polar surface area (TPSA) is 61.8 Å². The maximum atomic E-state index is 12.2. The van der Waals surface area contributed by atoms with Crippen LogP contribution < -0.4 is 5.32 Å². The van der Waals surface area contributed by atoms with Gasteiger partial charge in [0.15, 0.2) is 0 Å². The van der Waals surface area contributed by atoms with E-state index in [1.54, 1.807) is 6.92 Å². The molecule has 2 rings (SSSR count). The molecule has 1 heterocycles. The fourth-order valence-corrected chi connectivity index (χ4v) is 2.78. The summed E-state index contributed by atoms with van der Waals surface area (Å²) in [6, 6.07) is 5.75. The summed E-state index contributed by atoms with van der Waals surface area (Å²) in [5.74, 6) is -0.144. The number of β-amino-alcohol motifs (C(OH)–C–C–N with tert-alkyl or cyclic N) is 1. The number of aryl methyl sites for hydroxylation is 2. The zero-order valence-corrected chi connectivity index (χ0v) is 13.7. The summed E-state index contributed by atoms with van der Waals surface area (Å²) >= 11 is 0. The Balaban J connectivity index is 1.88. The van der Waals surface area contributed by atoms with E-state index in [1.807, 2.05) is 32.0 Å². The fraction of sp³-hybridized carbons (Fsp3) is 0.588. The van der Waals surface area contributed by atoms with E-state index in [4.69, 9.17) is 4.74 Å². The van der Waals surface area contributed by atoms with E-state index < -0.39 is 5.60 Å². The van der Waals surface area contributed by atoms with Crippen LogP contribution in [-0.2, 0) is 4.74 Å². The van der Waals surface area contributed by atoms with Gasteiger partial charge in [0.25, 0.3) is 5.91 Å². The Morgan fingerprint density at radius 3 is 2.45 bits per heavy atom. The van der Waals surface area contributed by atoms with Crippen LogP contribution in [0.5, 0.6) is 0 Å². The lowest BCUT2D eigenvalue weighted by atomic mass is 10.0. The standard InChI is InChI=1S/C17H26N2O3/c1-13-8-14(2)10-15(9-13)16(20)18-11-17(3,21)12-19-4-6-22-7-5-19/h8-10,21H,4-7,11-12H2,1-3H3,(H,18,20). The molecule has 122 valence electrons. The molecule has 1 aliphatic heterocycles. The van der Waals surface area contributed by atoms with Crippen molar-refractivity contribution >= 4 is 5.91 Å². The molecule has 1 saturated heterocycles. The highest BCUT2D eigenvalue weighted by molar-refractivity contribution is 5.94. The number of benzene rings is 1. The molecule has 1 fully saturated rings. The first-order valence-corrected chi connectivity index (χ1v) is 7.75. The molecule has 0 spiro atoms. The van der Waals surface area contributed by atoms with Gasteiger partial charge in [-0.15, -0.1) is 0 Å². The van der Waals surface area contributed by atoms with Gasteiger partial charge in [0.05, 0.1) is 18.8 Å². The van der Waals surface area contributed by atoms with E-state index in [0.29, 0.717) is 25.3 Å². The average Bonchev–Trinajstić information content (AvgIpc) is 2.44. The molecular formula is C17H26N2O3. The number of hydrogen-bond donors (Lipinski definition) is 2. The smallest absolute Gasteiger partial charge is 0.251 e. The number of carbonyl (C=O) groups excluding carboxylic acids is 1. The van der Waals surface area contributed by atoms with E-state index in [1.165, 1.54) is 0 Å². The molecule has 0 saturated carbocycles. The van der Waals surface area contributed by atoms with Crippen LogP contribution in [0.1, 0.15) is 28.4 Å². The minimum Gasteiger partial charge on any atom is -0.387 e. The molecule has 0 radical (unpaired) electrons. The van der Waals surface area contributed by atoms with Gasteiger partial charge in [0.2, 0.25) is 0 Å². The molecule has 0 aromatic heterocycles. The van der Waals surface area contributed by atoms with Gasteiger partial charge in [0, 0.05) is 31.7 Å². The van der Waals surface area contributed by atoms with Gasteiger partial charge >= 0.3 is 0 Å². The van der Waals surface area contributed by atoms with E-state index in [2.05, 4.69) is 10.2 Å². The highest BCUT2D eigenvalue weighted by Gasteiger charge is 2.26. The molecule has 22 heavy (non-hydrogen) atoms. The van der Waals surface area contributed by atoms with E-state index in [-0.39, 0.29) is 12.5 Å². The third-order valence-corrected chi connectivity index (χ3v) is 3.78. The number of amides is 1. The Morgan fingerprint density at radius 1 is 1.27 bits per heavy atom. The van der Waals surface area contributed by atoms with Gasteiger partial charge in [-0.05, 0) is 32.9 Å². The number of aliphatic hydroxyl groups is 1. The quantitative estimate of drug-likeness (QED) is 0.856. The SMILES string of the molecule is Cc1cc(C)cc(C(=O)NCC(C)(O)CN2CCOCC2)c1. The fourth-order valence-electron chi connectivity index (χ4n) is 2.78. The van der Waals surface area contributed by atoms with Crippen molar-refractivity contribution in [2.75, 3.05) is 39.4 Å². The van der Waals surface area contributed by atoms with Crippen molar-refractivity contribution in [3.63, 3.8) is 0 Å². The molecule has 1 atom stereocenters. The van der Waals surface area contributed by atoms with Crippen molar-refractivity contribution in [3.05, 3.63) is 34.9 Å². The first-order valence-electron chi connectivity index (χ1n) is 7.75. The molecule has 2 N–H and O–H groups in total. The highest BCUT2D eigenvalue weighted by Crippen LogP contribution is 2.11. The number of morpholine rings is 1. The predicted octanol–water partition coefficient (Wildman–Crippen LogP) is 1.12. The molecular weight excluding hydrogens is 280 g/mol. The minimum absolute atomic E-state index is 0.144. The first kappa shape index (κ1) is 16.9. The van der Waals surface area contributed by atoms with Gasteiger partial charge in [0.1, 0.15) is 0 Å². The van der Waals surface area contributed by atoms with Gasteiger partial charge in [-0.25, -0.2) is 0 Å². The van der Waals surface area contributed by atoms with Crippen LogP contribution in [-0.4, -0.2) is 60.9 Å². The summed E-state index contributed by atoms with van der Waals surface area (Å²) in [5.41, 5.74) is 1.81. The second-order valence-corrected chi connectivity index (χ2v) is 6.44. The second kappa shape index (κ2) is 7.22. The van der Waals surface area contributed by atoms with Crippen LogP contribution in [0, 0.1) is 13.8 Å². The van der Waals surface area contributed by atoms with Crippen molar-refractivity contribution < 1.29 is 14.6 Å². The molecule has 1 unspecified atom stereocenters. The van der Waals surface area contributed by atoms with Crippen LogP contribution in [0.3, 0.4) is 0 Å². The molecule has 5 nitrogen and oxygen atoms in total. The lowest BCUT2D eigenvalue weighted by Crippen LogP contribution is -2.51. The van der Waals surface area contributed by atoms with Crippen LogP contribution in [0.4, 0.5) is 0 Å². The first-order chi connectivity index (χ1) is 10.4. The summed E-state index contributed by atoms with van der Waals surface area (Å²) in [6.07, 6.45) is 0. The van der Waals surface area contributed by atoms with Crippen molar-refractivity contribution in [2.24, 2.45) is 0 Å². The zero-order valence-electron chi connectivity index (χ0n) is 13.7. The number of hydrogen-bond acceptors (Lipinski definition) is 4. The largest absolute Gasteiger partial charge is 0.387 e. The summed E-state index contributed by atoms with van der Waals surface area (Å²) in [7, 11) is 0. The molecule has 1 aromatic rings. The molecule has 1 aromatic carbocycles. The lowest BCUT2D eigenvalue weighted by Gasteiger charge is -2.33. The van der Waals surface area contributed by atoms with Crippen LogP contribution in [0.15, 0.2) is 18.2 Å². The Kier molecular flexibility index (Phi) is 5.56. The number of nitrogens with one attached hydrogen (secondary N) is 1.